The molecular formula is C10H7ClN2O2S. The quantitative estimate of drug-likeness (QED) is 0.676. The van der Waals surface area contributed by atoms with E-state index >= 15 is 0 Å². The molecule has 1 N–H and O–H groups in total. The maximum Gasteiger partial charge on any atom is 0.307 e. The van der Waals surface area contributed by atoms with Gasteiger partial charge < -0.3 is 4.42 Å². The van der Waals surface area contributed by atoms with Gasteiger partial charge in [0.15, 0.2) is 5.76 Å². The molecule has 16 heavy (non-hydrogen) atoms. The summed E-state index contributed by atoms with van der Waals surface area (Å²) in [5.41, 5.74) is 2.34. The van der Waals surface area contributed by atoms with E-state index in [9.17, 15) is 4.79 Å². The van der Waals surface area contributed by atoms with E-state index < -0.39 is 0 Å². The minimum Gasteiger partial charge on any atom is -0.459 e. The molecule has 2 rings (SSSR count). The Kier molecular flexibility index (Phi) is 3.38. The highest BCUT2D eigenvalue weighted by Crippen LogP contribution is 2.19. The van der Waals surface area contributed by atoms with Crippen molar-refractivity contribution in [2.24, 2.45) is 5.10 Å². The number of carbonyl (C=O) groups excluding carboxylic acids is 1. The third-order valence-corrected chi connectivity index (χ3v) is 2.86. The van der Waals surface area contributed by atoms with Crippen molar-refractivity contribution >= 4 is 35.1 Å². The smallest absolute Gasteiger partial charge is 0.307 e. The Labute approximate surface area is 101 Å². The van der Waals surface area contributed by atoms with Crippen LogP contribution in [0.3, 0.4) is 0 Å². The minimum atomic E-state index is -0.385. The lowest BCUT2D eigenvalue weighted by molar-refractivity contribution is 0.0927. The van der Waals surface area contributed by atoms with Crippen LogP contribution >= 0.6 is 22.9 Å². The summed E-state index contributed by atoms with van der Waals surface area (Å²) in [6, 6.07) is 6.78. The summed E-state index contributed by atoms with van der Waals surface area (Å²) in [4.78, 5) is 12.2. The number of nitrogens with one attached hydrogen (secondary N) is 1. The number of hydrazone groups is 1. The van der Waals surface area contributed by atoms with E-state index in [4.69, 9.17) is 16.0 Å². The van der Waals surface area contributed by atoms with Crippen LogP contribution in [0.2, 0.25) is 4.34 Å². The van der Waals surface area contributed by atoms with Crippen LogP contribution in [0.5, 0.6) is 0 Å². The first-order chi connectivity index (χ1) is 7.75. The number of furan rings is 1. The molecule has 2 aromatic rings. The number of halogens is 1. The third-order valence-electron chi connectivity index (χ3n) is 1.70. The molecular weight excluding hydrogens is 248 g/mol. The van der Waals surface area contributed by atoms with Gasteiger partial charge in [-0.25, -0.2) is 5.43 Å². The van der Waals surface area contributed by atoms with E-state index in [1.807, 2.05) is 6.07 Å². The fourth-order valence-corrected chi connectivity index (χ4v) is 1.95. The summed E-state index contributed by atoms with van der Waals surface area (Å²) in [6.07, 6.45) is 2.95. The van der Waals surface area contributed by atoms with Crippen molar-refractivity contribution in [2.75, 3.05) is 0 Å². The van der Waals surface area contributed by atoms with Gasteiger partial charge in [-0.05, 0) is 24.3 Å². The van der Waals surface area contributed by atoms with Gasteiger partial charge >= 0.3 is 5.91 Å². The zero-order valence-corrected chi connectivity index (χ0v) is 9.59. The van der Waals surface area contributed by atoms with Crippen molar-refractivity contribution in [2.45, 2.75) is 0 Å². The molecule has 2 heterocycles. The summed E-state index contributed by atoms with van der Waals surface area (Å²) in [5.74, 6) is -0.162. The van der Waals surface area contributed by atoms with Crippen LogP contribution in [0, 0.1) is 0 Å². The number of carbonyl (C=O) groups is 1. The normalized spacial score (nSPS) is 10.8. The summed E-state index contributed by atoms with van der Waals surface area (Å²) >= 11 is 7.12. The Morgan fingerprint density at radius 1 is 1.50 bits per heavy atom. The van der Waals surface area contributed by atoms with Gasteiger partial charge in [0.2, 0.25) is 0 Å². The fraction of sp³-hybridized carbons (Fsp3) is 0. The topological polar surface area (TPSA) is 54.6 Å². The van der Waals surface area contributed by atoms with Gasteiger partial charge in [-0.15, -0.1) is 11.3 Å². The number of rotatable bonds is 3. The lowest BCUT2D eigenvalue weighted by Gasteiger charge is -1.93. The summed E-state index contributed by atoms with van der Waals surface area (Å²) in [6.45, 7) is 0. The largest absolute Gasteiger partial charge is 0.459 e. The zero-order valence-electron chi connectivity index (χ0n) is 8.01. The van der Waals surface area contributed by atoms with Crippen LogP contribution in [0.15, 0.2) is 40.0 Å². The summed E-state index contributed by atoms with van der Waals surface area (Å²) in [7, 11) is 0. The molecule has 0 spiro atoms. The van der Waals surface area contributed by atoms with E-state index in [2.05, 4.69) is 10.5 Å². The average Bonchev–Trinajstić information content (AvgIpc) is 2.89. The van der Waals surface area contributed by atoms with Gasteiger partial charge in [0.05, 0.1) is 16.8 Å². The third kappa shape index (κ3) is 2.71. The van der Waals surface area contributed by atoms with Gasteiger partial charge in [-0.2, -0.15) is 5.10 Å². The molecule has 4 nitrogen and oxygen atoms in total. The highest BCUT2D eigenvalue weighted by molar-refractivity contribution is 7.17. The molecule has 1 amide bonds. The predicted molar refractivity (Wildman–Crippen MR) is 63.1 cm³/mol. The Morgan fingerprint density at radius 2 is 2.38 bits per heavy atom. The minimum absolute atomic E-state index is 0.223. The van der Waals surface area contributed by atoms with Crippen molar-refractivity contribution in [1.82, 2.24) is 5.43 Å². The van der Waals surface area contributed by atoms with Gasteiger partial charge in [-0.3, -0.25) is 4.79 Å². The molecule has 82 valence electrons. The first-order valence-corrected chi connectivity index (χ1v) is 5.57. The molecule has 0 aliphatic rings. The molecule has 0 saturated carbocycles. The number of nitrogens with zero attached hydrogens (tertiary/aromatic N) is 1. The predicted octanol–water partition coefficient (Wildman–Crippen LogP) is 2.76. The average molecular weight is 255 g/mol. The van der Waals surface area contributed by atoms with Crippen LogP contribution in [-0.2, 0) is 0 Å². The highest BCUT2D eigenvalue weighted by Gasteiger charge is 2.05. The van der Waals surface area contributed by atoms with E-state index in [-0.39, 0.29) is 11.7 Å². The molecule has 2 aromatic heterocycles. The molecule has 0 aromatic carbocycles. The van der Waals surface area contributed by atoms with E-state index in [1.54, 1.807) is 18.2 Å². The fourth-order valence-electron chi connectivity index (χ4n) is 1.02. The second-order valence-electron chi connectivity index (χ2n) is 2.82. The molecule has 0 bridgehead atoms. The van der Waals surface area contributed by atoms with Crippen LogP contribution in [0.25, 0.3) is 0 Å². The first-order valence-electron chi connectivity index (χ1n) is 4.38. The van der Waals surface area contributed by atoms with Crippen LogP contribution < -0.4 is 5.43 Å². The molecule has 0 fully saturated rings. The second kappa shape index (κ2) is 4.96. The van der Waals surface area contributed by atoms with Gasteiger partial charge in [0.1, 0.15) is 0 Å². The number of hydrogen-bond acceptors (Lipinski definition) is 4. The summed E-state index contributed by atoms with van der Waals surface area (Å²) < 4.78 is 5.58. The van der Waals surface area contributed by atoms with E-state index in [1.165, 1.54) is 23.8 Å². The Bertz CT molecular complexity index is 505. The van der Waals surface area contributed by atoms with E-state index in [0.717, 1.165) is 4.88 Å². The summed E-state index contributed by atoms with van der Waals surface area (Å²) in [5, 5.41) is 3.78. The molecule has 6 heteroatoms. The van der Waals surface area contributed by atoms with Crippen LogP contribution in [-0.4, -0.2) is 12.1 Å². The van der Waals surface area contributed by atoms with Gasteiger partial charge in [0, 0.05) is 4.88 Å². The van der Waals surface area contributed by atoms with Crippen molar-refractivity contribution < 1.29 is 9.21 Å². The lowest BCUT2D eigenvalue weighted by atomic mass is 10.4. The molecule has 0 aliphatic heterocycles. The highest BCUT2D eigenvalue weighted by atomic mass is 35.5. The standard InChI is InChI=1S/C10H7ClN2O2S/c11-9-4-3-7(16-9)6-12-13-10(14)8-2-1-5-15-8/h1-6H,(H,13,14). The molecule has 0 aliphatic carbocycles. The van der Waals surface area contributed by atoms with Gasteiger partial charge in [0.25, 0.3) is 0 Å². The molecule has 0 radical (unpaired) electrons. The first kappa shape index (κ1) is 10.9. The monoisotopic (exact) mass is 254 g/mol. The van der Waals surface area contributed by atoms with Crippen LogP contribution in [0.1, 0.15) is 15.4 Å². The number of thiophene rings is 1. The molecule has 0 unspecified atom stereocenters. The lowest BCUT2D eigenvalue weighted by Crippen LogP contribution is -2.16. The van der Waals surface area contributed by atoms with Gasteiger partial charge in [-0.1, -0.05) is 11.6 Å². The Balaban J connectivity index is 1.93. The maximum absolute atomic E-state index is 11.4. The Hall–Kier alpha value is -1.59. The van der Waals surface area contributed by atoms with E-state index in [0.29, 0.717) is 4.34 Å². The zero-order chi connectivity index (χ0) is 11.4. The maximum atomic E-state index is 11.4. The van der Waals surface area contributed by atoms with Crippen molar-refractivity contribution in [3.63, 3.8) is 0 Å². The van der Waals surface area contributed by atoms with Crippen molar-refractivity contribution in [1.29, 1.82) is 0 Å². The van der Waals surface area contributed by atoms with Crippen molar-refractivity contribution in [3.05, 3.63) is 45.5 Å². The SMILES string of the molecule is O=C(NN=Cc1ccc(Cl)s1)c1ccco1. The Morgan fingerprint density at radius 3 is 3.00 bits per heavy atom. The molecule has 0 atom stereocenters. The number of hydrogen-bond donors (Lipinski definition) is 1. The van der Waals surface area contributed by atoms with Crippen molar-refractivity contribution in [3.8, 4) is 0 Å². The molecule has 0 saturated heterocycles. The van der Waals surface area contributed by atoms with Crippen LogP contribution in [0.4, 0.5) is 0 Å². The second-order valence-corrected chi connectivity index (χ2v) is 4.56. The number of amides is 1.